The first-order valence-corrected chi connectivity index (χ1v) is 6.62. The van der Waals surface area contributed by atoms with Gasteiger partial charge in [0, 0.05) is 12.6 Å². The third-order valence-corrected chi connectivity index (χ3v) is 3.41. The van der Waals surface area contributed by atoms with Crippen LogP contribution in [0.25, 0.3) is 0 Å². The van der Waals surface area contributed by atoms with Crippen molar-refractivity contribution in [2.24, 2.45) is 0 Å². The quantitative estimate of drug-likeness (QED) is 0.861. The van der Waals surface area contributed by atoms with Gasteiger partial charge in [0.1, 0.15) is 5.82 Å². The molecule has 0 heterocycles. The normalized spacial score (nSPS) is 12.4. The average Bonchev–Trinajstić information content (AvgIpc) is 2.43. The third kappa shape index (κ3) is 3.42. The molecule has 0 aliphatic heterocycles. The molecule has 0 aliphatic carbocycles. The van der Waals surface area contributed by atoms with Crippen LogP contribution in [0.2, 0.25) is 0 Å². The number of hydrogen-bond donors (Lipinski definition) is 1. The Morgan fingerprint density at radius 3 is 2.21 bits per heavy atom. The van der Waals surface area contributed by atoms with E-state index in [0.29, 0.717) is 11.1 Å². The molecule has 1 nitrogen and oxygen atoms in total. The Morgan fingerprint density at radius 2 is 1.63 bits per heavy atom. The summed E-state index contributed by atoms with van der Waals surface area (Å²) in [7, 11) is 0. The molecule has 0 radical (unpaired) electrons. The van der Waals surface area contributed by atoms with Crippen molar-refractivity contribution in [2.75, 3.05) is 0 Å². The maximum atomic E-state index is 13.6. The number of nitrogens with one attached hydrogen (secondary N) is 1. The first kappa shape index (κ1) is 13.8. The lowest BCUT2D eigenvalue weighted by Gasteiger charge is -2.15. The number of rotatable bonds is 4. The zero-order valence-corrected chi connectivity index (χ0v) is 11.7. The van der Waals surface area contributed by atoms with E-state index < -0.39 is 0 Å². The predicted octanol–water partition coefficient (Wildman–Crippen LogP) is 4.29. The van der Waals surface area contributed by atoms with Crippen LogP contribution in [0.4, 0.5) is 4.39 Å². The summed E-state index contributed by atoms with van der Waals surface area (Å²) < 4.78 is 13.6. The molecule has 19 heavy (non-hydrogen) atoms. The number of halogens is 1. The molecule has 0 fully saturated rings. The van der Waals surface area contributed by atoms with Gasteiger partial charge in [0.2, 0.25) is 0 Å². The van der Waals surface area contributed by atoms with Crippen LogP contribution in [-0.2, 0) is 6.54 Å². The molecule has 0 aliphatic rings. The Hall–Kier alpha value is -1.67. The maximum absolute atomic E-state index is 13.6. The van der Waals surface area contributed by atoms with Crippen LogP contribution in [-0.4, -0.2) is 0 Å². The zero-order valence-electron chi connectivity index (χ0n) is 11.7. The highest BCUT2D eigenvalue weighted by Gasteiger charge is 2.07. The summed E-state index contributed by atoms with van der Waals surface area (Å²) in [5.41, 5.74) is 3.81. The molecule has 0 amide bonds. The summed E-state index contributed by atoms with van der Waals surface area (Å²) in [5, 5.41) is 3.47. The van der Waals surface area contributed by atoms with Gasteiger partial charge in [0.25, 0.3) is 0 Å². The van der Waals surface area contributed by atoms with E-state index in [1.165, 1.54) is 5.56 Å². The molecule has 2 rings (SSSR count). The lowest BCUT2D eigenvalue weighted by atomic mass is 10.1. The van der Waals surface area contributed by atoms with Crippen LogP contribution >= 0.6 is 0 Å². The van der Waals surface area contributed by atoms with E-state index in [-0.39, 0.29) is 11.9 Å². The second-order valence-electron chi connectivity index (χ2n) is 5.06. The lowest BCUT2D eigenvalue weighted by Crippen LogP contribution is -2.18. The highest BCUT2D eigenvalue weighted by atomic mass is 19.1. The second-order valence-corrected chi connectivity index (χ2v) is 5.06. The minimum atomic E-state index is -0.0974. The van der Waals surface area contributed by atoms with Crippen molar-refractivity contribution in [3.63, 3.8) is 0 Å². The van der Waals surface area contributed by atoms with E-state index >= 15 is 0 Å². The monoisotopic (exact) mass is 257 g/mol. The molecule has 1 unspecified atom stereocenters. The van der Waals surface area contributed by atoms with Gasteiger partial charge in [-0.05, 0) is 43.0 Å². The summed E-state index contributed by atoms with van der Waals surface area (Å²) in [6.07, 6.45) is 0. The highest BCUT2D eigenvalue weighted by Crippen LogP contribution is 2.16. The summed E-state index contributed by atoms with van der Waals surface area (Å²) in [4.78, 5) is 0. The largest absolute Gasteiger partial charge is 0.306 e. The van der Waals surface area contributed by atoms with Gasteiger partial charge >= 0.3 is 0 Å². The first-order valence-electron chi connectivity index (χ1n) is 6.62. The van der Waals surface area contributed by atoms with E-state index in [2.05, 4.69) is 24.4 Å². The average molecular weight is 257 g/mol. The van der Waals surface area contributed by atoms with Crippen molar-refractivity contribution in [3.8, 4) is 0 Å². The summed E-state index contributed by atoms with van der Waals surface area (Å²) in [6, 6.07) is 14.4. The zero-order chi connectivity index (χ0) is 13.8. The molecule has 0 aromatic heterocycles. The summed E-state index contributed by atoms with van der Waals surface area (Å²) in [5.74, 6) is -0.0974. The highest BCUT2D eigenvalue weighted by molar-refractivity contribution is 5.30. The van der Waals surface area contributed by atoms with Gasteiger partial charge in [0.05, 0.1) is 0 Å². The van der Waals surface area contributed by atoms with E-state index in [9.17, 15) is 4.39 Å². The van der Waals surface area contributed by atoms with Gasteiger partial charge in [0.15, 0.2) is 0 Å². The van der Waals surface area contributed by atoms with Crippen LogP contribution in [0.1, 0.15) is 35.2 Å². The van der Waals surface area contributed by atoms with Crippen molar-refractivity contribution in [3.05, 3.63) is 70.5 Å². The Balaban J connectivity index is 2.03. The molecule has 1 atom stereocenters. The molecule has 0 spiro atoms. The Kier molecular flexibility index (Phi) is 4.33. The van der Waals surface area contributed by atoms with Gasteiger partial charge in [-0.1, -0.05) is 42.5 Å². The second kappa shape index (κ2) is 5.98. The molecule has 2 heteroatoms. The SMILES string of the molecule is Cc1cc(CNC(C)c2ccccc2)cc(C)c1F. The molecule has 0 saturated carbocycles. The van der Waals surface area contributed by atoms with Crippen molar-refractivity contribution in [2.45, 2.75) is 33.4 Å². The first-order chi connectivity index (χ1) is 9.08. The molecule has 2 aromatic carbocycles. The van der Waals surface area contributed by atoms with Gasteiger partial charge in [-0.2, -0.15) is 0 Å². The van der Waals surface area contributed by atoms with Crippen molar-refractivity contribution in [1.82, 2.24) is 5.32 Å². The van der Waals surface area contributed by atoms with Crippen LogP contribution < -0.4 is 5.32 Å². The number of hydrogen-bond acceptors (Lipinski definition) is 1. The van der Waals surface area contributed by atoms with Crippen LogP contribution in [0.5, 0.6) is 0 Å². The Labute approximate surface area is 114 Å². The molecular weight excluding hydrogens is 237 g/mol. The van der Waals surface area contributed by atoms with E-state index in [4.69, 9.17) is 0 Å². The number of aryl methyl sites for hydroxylation is 2. The fourth-order valence-electron chi connectivity index (χ4n) is 2.27. The van der Waals surface area contributed by atoms with E-state index in [0.717, 1.165) is 12.1 Å². The molecule has 1 N–H and O–H groups in total. The smallest absolute Gasteiger partial charge is 0.129 e. The Morgan fingerprint density at radius 1 is 1.05 bits per heavy atom. The van der Waals surface area contributed by atoms with Crippen molar-refractivity contribution < 1.29 is 4.39 Å². The minimum absolute atomic E-state index is 0.0974. The van der Waals surface area contributed by atoms with Crippen LogP contribution in [0.15, 0.2) is 42.5 Å². The summed E-state index contributed by atoms with van der Waals surface area (Å²) in [6.45, 7) is 6.51. The fourth-order valence-corrected chi connectivity index (χ4v) is 2.27. The third-order valence-electron chi connectivity index (χ3n) is 3.41. The predicted molar refractivity (Wildman–Crippen MR) is 77.6 cm³/mol. The summed E-state index contributed by atoms with van der Waals surface area (Å²) >= 11 is 0. The van der Waals surface area contributed by atoms with Crippen LogP contribution in [0.3, 0.4) is 0 Å². The van der Waals surface area contributed by atoms with E-state index in [1.807, 2.05) is 44.2 Å². The van der Waals surface area contributed by atoms with Gasteiger partial charge < -0.3 is 5.32 Å². The van der Waals surface area contributed by atoms with E-state index in [1.54, 1.807) is 0 Å². The van der Waals surface area contributed by atoms with Gasteiger partial charge in [-0.15, -0.1) is 0 Å². The Bertz CT molecular complexity index is 525. The lowest BCUT2D eigenvalue weighted by molar-refractivity contribution is 0.570. The maximum Gasteiger partial charge on any atom is 0.129 e. The van der Waals surface area contributed by atoms with Gasteiger partial charge in [-0.25, -0.2) is 4.39 Å². The fraction of sp³-hybridized carbons (Fsp3) is 0.294. The molecule has 0 saturated heterocycles. The molecule has 2 aromatic rings. The van der Waals surface area contributed by atoms with Crippen LogP contribution in [0, 0.1) is 19.7 Å². The molecule has 0 bridgehead atoms. The molecular formula is C17H20FN. The standard InChI is InChI=1S/C17H20FN/c1-12-9-15(10-13(2)17(12)18)11-19-14(3)16-7-5-4-6-8-16/h4-10,14,19H,11H2,1-3H3. The minimum Gasteiger partial charge on any atom is -0.306 e. The number of benzene rings is 2. The van der Waals surface area contributed by atoms with Crippen molar-refractivity contribution >= 4 is 0 Å². The molecule has 100 valence electrons. The van der Waals surface area contributed by atoms with Gasteiger partial charge in [-0.3, -0.25) is 0 Å². The van der Waals surface area contributed by atoms with Crippen molar-refractivity contribution in [1.29, 1.82) is 0 Å². The topological polar surface area (TPSA) is 12.0 Å².